The Balaban J connectivity index is 1.56. The van der Waals surface area contributed by atoms with E-state index in [1.807, 2.05) is 18.2 Å². The van der Waals surface area contributed by atoms with E-state index in [0.717, 1.165) is 62.0 Å². The van der Waals surface area contributed by atoms with Gasteiger partial charge in [-0.25, -0.2) is 4.98 Å². The Morgan fingerprint density at radius 2 is 1.53 bits per heavy atom. The molecule has 0 atom stereocenters. The second-order valence-corrected chi connectivity index (χ2v) is 8.70. The van der Waals surface area contributed by atoms with Crippen molar-refractivity contribution < 1.29 is 4.42 Å². The molecule has 3 heteroatoms. The van der Waals surface area contributed by atoms with Crippen molar-refractivity contribution in [3.05, 3.63) is 109 Å². The third-order valence-electron chi connectivity index (χ3n) is 6.73. The standard InChI is InChI=1S/C31H22N2O/c1-2-29-32-26-15-6-7-16-27(26)33(29)22-12-9-11-21(18-22)30-23-13-4-3-10-20(23)19-25-24-14-5-8-17-28(24)34-31(25)30/h3-19H,2H2,1H3. The lowest BCUT2D eigenvalue weighted by atomic mass is 9.95. The largest absolute Gasteiger partial charge is 0.455 e. The third-order valence-corrected chi connectivity index (χ3v) is 6.73. The zero-order chi connectivity index (χ0) is 22.6. The summed E-state index contributed by atoms with van der Waals surface area (Å²) in [5.74, 6) is 1.06. The molecule has 0 N–H and O–H groups in total. The van der Waals surface area contributed by atoms with E-state index in [1.54, 1.807) is 0 Å². The fraction of sp³-hybridized carbons (Fsp3) is 0.0645. The highest BCUT2D eigenvalue weighted by Gasteiger charge is 2.17. The van der Waals surface area contributed by atoms with Gasteiger partial charge in [0.1, 0.15) is 17.0 Å². The molecule has 0 aliphatic heterocycles. The molecule has 162 valence electrons. The SMILES string of the molecule is CCc1nc2ccccc2n1-c1cccc(-c2c3ccccc3cc3c2oc2ccccc23)c1. The second kappa shape index (κ2) is 7.32. The first kappa shape index (κ1) is 19.1. The average molecular weight is 439 g/mol. The van der Waals surface area contributed by atoms with Crippen molar-refractivity contribution in [2.24, 2.45) is 0 Å². The number of para-hydroxylation sites is 3. The van der Waals surface area contributed by atoms with E-state index < -0.39 is 0 Å². The Morgan fingerprint density at radius 3 is 2.44 bits per heavy atom. The first-order chi connectivity index (χ1) is 16.8. The number of nitrogens with zero attached hydrogens (tertiary/aromatic N) is 2. The number of rotatable bonds is 3. The van der Waals surface area contributed by atoms with E-state index in [1.165, 1.54) is 10.8 Å². The number of hydrogen-bond donors (Lipinski definition) is 0. The van der Waals surface area contributed by atoms with Gasteiger partial charge in [-0.15, -0.1) is 0 Å². The Kier molecular flexibility index (Phi) is 4.12. The second-order valence-electron chi connectivity index (χ2n) is 8.70. The number of benzene rings is 5. The van der Waals surface area contributed by atoms with Gasteiger partial charge < -0.3 is 4.42 Å². The molecule has 0 fully saturated rings. The molecular weight excluding hydrogens is 416 g/mol. The van der Waals surface area contributed by atoms with Crippen LogP contribution < -0.4 is 0 Å². The highest BCUT2D eigenvalue weighted by molar-refractivity contribution is 6.18. The van der Waals surface area contributed by atoms with Crippen LogP contribution in [0.25, 0.3) is 60.6 Å². The van der Waals surface area contributed by atoms with Crippen molar-refractivity contribution in [3.63, 3.8) is 0 Å². The predicted molar refractivity (Wildman–Crippen MR) is 141 cm³/mol. The Labute approximate surface area is 196 Å². The van der Waals surface area contributed by atoms with Crippen LogP contribution in [0.4, 0.5) is 0 Å². The molecule has 0 amide bonds. The Hall–Kier alpha value is -4.37. The van der Waals surface area contributed by atoms with Gasteiger partial charge in [-0.3, -0.25) is 4.57 Å². The van der Waals surface area contributed by atoms with E-state index in [4.69, 9.17) is 9.40 Å². The molecular formula is C31H22N2O. The van der Waals surface area contributed by atoms with E-state index in [9.17, 15) is 0 Å². The van der Waals surface area contributed by atoms with Crippen LogP contribution in [0.1, 0.15) is 12.7 Å². The summed E-state index contributed by atoms with van der Waals surface area (Å²) < 4.78 is 8.75. The molecule has 7 rings (SSSR count). The molecule has 2 heterocycles. The van der Waals surface area contributed by atoms with E-state index in [0.29, 0.717) is 0 Å². The summed E-state index contributed by atoms with van der Waals surface area (Å²) in [5, 5.41) is 4.70. The number of aromatic nitrogens is 2. The van der Waals surface area contributed by atoms with Crippen LogP contribution in [-0.4, -0.2) is 9.55 Å². The van der Waals surface area contributed by atoms with Crippen LogP contribution in [0.3, 0.4) is 0 Å². The van der Waals surface area contributed by atoms with Crippen molar-refractivity contribution in [2.75, 3.05) is 0 Å². The van der Waals surface area contributed by atoms with E-state index >= 15 is 0 Å². The number of hydrogen-bond acceptors (Lipinski definition) is 2. The maximum absolute atomic E-state index is 6.47. The van der Waals surface area contributed by atoms with Gasteiger partial charge in [0.15, 0.2) is 0 Å². The Morgan fingerprint density at radius 1 is 0.735 bits per heavy atom. The zero-order valence-electron chi connectivity index (χ0n) is 18.8. The fourth-order valence-electron chi connectivity index (χ4n) is 5.21. The lowest BCUT2D eigenvalue weighted by Crippen LogP contribution is -2.00. The van der Waals surface area contributed by atoms with Gasteiger partial charge in [-0.05, 0) is 52.7 Å². The van der Waals surface area contributed by atoms with Crippen LogP contribution >= 0.6 is 0 Å². The maximum Gasteiger partial charge on any atom is 0.143 e. The summed E-state index contributed by atoms with van der Waals surface area (Å²) in [6.07, 6.45) is 0.862. The van der Waals surface area contributed by atoms with Crippen LogP contribution in [0.2, 0.25) is 0 Å². The fourth-order valence-corrected chi connectivity index (χ4v) is 5.21. The molecule has 3 nitrogen and oxygen atoms in total. The summed E-state index contributed by atoms with van der Waals surface area (Å²) in [5.41, 5.74) is 7.38. The highest BCUT2D eigenvalue weighted by Crippen LogP contribution is 2.41. The molecule has 0 saturated carbocycles. The smallest absolute Gasteiger partial charge is 0.143 e. The molecule has 5 aromatic carbocycles. The van der Waals surface area contributed by atoms with Crippen LogP contribution in [-0.2, 0) is 6.42 Å². The van der Waals surface area contributed by atoms with Crippen molar-refractivity contribution in [1.29, 1.82) is 0 Å². The summed E-state index contributed by atoms with van der Waals surface area (Å²) in [7, 11) is 0. The molecule has 34 heavy (non-hydrogen) atoms. The lowest BCUT2D eigenvalue weighted by Gasteiger charge is -2.13. The molecule has 0 unspecified atom stereocenters. The molecule has 0 bridgehead atoms. The van der Waals surface area contributed by atoms with Crippen molar-refractivity contribution in [2.45, 2.75) is 13.3 Å². The zero-order valence-corrected chi connectivity index (χ0v) is 18.8. The molecule has 0 aliphatic rings. The first-order valence-corrected chi connectivity index (χ1v) is 11.7. The normalized spacial score (nSPS) is 11.8. The van der Waals surface area contributed by atoms with Crippen LogP contribution in [0.5, 0.6) is 0 Å². The van der Waals surface area contributed by atoms with E-state index in [-0.39, 0.29) is 0 Å². The molecule has 0 radical (unpaired) electrons. The molecule has 2 aromatic heterocycles. The predicted octanol–water partition coefficient (Wildman–Crippen LogP) is 8.31. The molecule has 0 saturated heterocycles. The minimum absolute atomic E-state index is 0.862. The van der Waals surface area contributed by atoms with Gasteiger partial charge in [-0.1, -0.05) is 73.7 Å². The molecule has 0 spiro atoms. The van der Waals surface area contributed by atoms with E-state index in [2.05, 4.69) is 96.4 Å². The van der Waals surface area contributed by atoms with Crippen molar-refractivity contribution >= 4 is 43.7 Å². The Bertz CT molecular complexity index is 1850. The van der Waals surface area contributed by atoms with Gasteiger partial charge in [0.05, 0.1) is 11.0 Å². The van der Waals surface area contributed by atoms with Crippen molar-refractivity contribution in [3.8, 4) is 16.8 Å². The minimum atomic E-state index is 0.862. The maximum atomic E-state index is 6.47. The van der Waals surface area contributed by atoms with Gasteiger partial charge in [0.2, 0.25) is 0 Å². The lowest BCUT2D eigenvalue weighted by molar-refractivity contribution is 0.670. The number of furan rings is 1. The monoisotopic (exact) mass is 438 g/mol. The molecule has 7 aromatic rings. The first-order valence-electron chi connectivity index (χ1n) is 11.7. The number of fused-ring (bicyclic) bond motifs is 5. The quantitative estimate of drug-likeness (QED) is 0.278. The number of imidazole rings is 1. The highest BCUT2D eigenvalue weighted by atomic mass is 16.3. The summed E-state index contributed by atoms with van der Waals surface area (Å²) >= 11 is 0. The van der Waals surface area contributed by atoms with Crippen molar-refractivity contribution in [1.82, 2.24) is 9.55 Å². The number of aryl methyl sites for hydroxylation is 1. The van der Waals surface area contributed by atoms with Crippen LogP contribution in [0.15, 0.2) is 108 Å². The molecule has 0 aliphatic carbocycles. The van der Waals surface area contributed by atoms with Gasteiger partial charge in [0, 0.05) is 28.4 Å². The summed E-state index contributed by atoms with van der Waals surface area (Å²) in [4.78, 5) is 4.88. The summed E-state index contributed by atoms with van der Waals surface area (Å²) in [6.45, 7) is 2.16. The minimum Gasteiger partial charge on any atom is -0.455 e. The average Bonchev–Trinajstić information content (AvgIpc) is 3.45. The third kappa shape index (κ3) is 2.74. The van der Waals surface area contributed by atoms with Crippen LogP contribution in [0, 0.1) is 0 Å². The topological polar surface area (TPSA) is 31.0 Å². The van der Waals surface area contributed by atoms with Gasteiger partial charge in [0.25, 0.3) is 0 Å². The summed E-state index contributed by atoms with van der Waals surface area (Å²) in [6, 6.07) is 36.2. The van der Waals surface area contributed by atoms with Gasteiger partial charge >= 0.3 is 0 Å². The van der Waals surface area contributed by atoms with Gasteiger partial charge in [-0.2, -0.15) is 0 Å².